The van der Waals surface area contributed by atoms with E-state index in [2.05, 4.69) is 27.9 Å². The Bertz CT molecular complexity index is 591. The van der Waals surface area contributed by atoms with Gasteiger partial charge in [0.05, 0.1) is 0 Å². The molecule has 0 amide bonds. The van der Waals surface area contributed by atoms with Crippen LogP contribution in [-0.4, -0.2) is 56.9 Å². The topological polar surface area (TPSA) is 44.5 Å². The van der Waals surface area contributed by atoms with Crippen molar-refractivity contribution in [3.05, 3.63) is 48.3 Å². The van der Waals surface area contributed by atoms with Crippen LogP contribution in [0.2, 0.25) is 0 Å². The number of hydrogen-bond donors (Lipinski definition) is 1. The van der Waals surface area contributed by atoms with Crippen molar-refractivity contribution in [3.63, 3.8) is 0 Å². The smallest absolute Gasteiger partial charge is 0.115 e. The van der Waals surface area contributed by atoms with Gasteiger partial charge >= 0.3 is 0 Å². The standard InChI is InChI=1S/C18H26N4O/c1-16(6-9-22-8-3-7-19-22)21-12-10-20(11-13-21)15-17-4-2-5-18(23)14-17/h2-5,7-8,14,16,23H,6,9-13,15H2,1H3/t16-/m0/s1. The van der Waals surface area contributed by atoms with Gasteiger partial charge in [0.25, 0.3) is 0 Å². The highest BCUT2D eigenvalue weighted by atomic mass is 16.3. The van der Waals surface area contributed by atoms with Crippen LogP contribution in [0.25, 0.3) is 0 Å². The first-order valence-electron chi connectivity index (χ1n) is 8.42. The third-order valence-corrected chi connectivity index (χ3v) is 4.68. The number of nitrogens with zero attached hydrogens (tertiary/aromatic N) is 4. The van der Waals surface area contributed by atoms with E-state index in [1.165, 1.54) is 5.56 Å². The lowest BCUT2D eigenvalue weighted by molar-refractivity contribution is 0.0924. The molecule has 23 heavy (non-hydrogen) atoms. The zero-order valence-corrected chi connectivity index (χ0v) is 13.8. The number of aromatic nitrogens is 2. The van der Waals surface area contributed by atoms with E-state index in [4.69, 9.17) is 0 Å². The number of aryl methyl sites for hydroxylation is 1. The lowest BCUT2D eigenvalue weighted by atomic mass is 10.1. The van der Waals surface area contributed by atoms with E-state index in [0.717, 1.165) is 45.7 Å². The van der Waals surface area contributed by atoms with Crippen LogP contribution in [0.15, 0.2) is 42.7 Å². The predicted molar refractivity (Wildman–Crippen MR) is 91.3 cm³/mol. The molecule has 1 aliphatic heterocycles. The van der Waals surface area contributed by atoms with Crippen molar-refractivity contribution in [1.29, 1.82) is 0 Å². The first kappa shape index (κ1) is 16.0. The fourth-order valence-corrected chi connectivity index (χ4v) is 3.21. The molecule has 0 bridgehead atoms. The van der Waals surface area contributed by atoms with Gasteiger partial charge in [0.1, 0.15) is 5.75 Å². The summed E-state index contributed by atoms with van der Waals surface area (Å²) in [5.41, 5.74) is 1.19. The van der Waals surface area contributed by atoms with Crippen LogP contribution < -0.4 is 0 Å². The minimum Gasteiger partial charge on any atom is -0.508 e. The Labute approximate surface area is 138 Å². The largest absolute Gasteiger partial charge is 0.508 e. The molecule has 1 aliphatic rings. The number of rotatable bonds is 6. The van der Waals surface area contributed by atoms with Gasteiger partial charge in [0.15, 0.2) is 0 Å². The summed E-state index contributed by atoms with van der Waals surface area (Å²) in [4.78, 5) is 5.04. The van der Waals surface area contributed by atoms with Crippen molar-refractivity contribution >= 4 is 0 Å². The molecule has 1 fully saturated rings. The number of aromatic hydroxyl groups is 1. The zero-order chi connectivity index (χ0) is 16.1. The number of phenols is 1. The molecule has 2 heterocycles. The zero-order valence-electron chi connectivity index (χ0n) is 13.8. The van der Waals surface area contributed by atoms with E-state index in [9.17, 15) is 5.11 Å². The average Bonchev–Trinajstić information content (AvgIpc) is 3.07. The van der Waals surface area contributed by atoms with Crippen molar-refractivity contribution in [2.45, 2.75) is 32.5 Å². The fraction of sp³-hybridized carbons (Fsp3) is 0.500. The summed E-state index contributed by atoms with van der Waals surface area (Å²) in [6, 6.07) is 10.1. The molecule has 0 unspecified atom stereocenters. The third kappa shape index (κ3) is 4.56. The Kier molecular flexibility index (Phi) is 5.31. The maximum absolute atomic E-state index is 9.56. The second-order valence-electron chi connectivity index (χ2n) is 6.39. The molecule has 1 aromatic carbocycles. The van der Waals surface area contributed by atoms with Crippen molar-refractivity contribution in [2.75, 3.05) is 26.2 Å². The lowest BCUT2D eigenvalue weighted by Gasteiger charge is -2.38. The quantitative estimate of drug-likeness (QED) is 0.888. The normalized spacial score (nSPS) is 18.1. The monoisotopic (exact) mass is 314 g/mol. The minimum atomic E-state index is 0.355. The molecule has 1 saturated heterocycles. The molecule has 1 N–H and O–H groups in total. The maximum Gasteiger partial charge on any atom is 0.115 e. The van der Waals surface area contributed by atoms with Crippen LogP contribution >= 0.6 is 0 Å². The Morgan fingerprint density at radius 2 is 2.00 bits per heavy atom. The Balaban J connectivity index is 1.42. The van der Waals surface area contributed by atoms with Gasteiger partial charge in [-0.05, 0) is 37.1 Å². The molecule has 2 aromatic rings. The second-order valence-corrected chi connectivity index (χ2v) is 6.39. The molecular formula is C18H26N4O. The summed E-state index contributed by atoms with van der Waals surface area (Å²) in [7, 11) is 0. The van der Waals surface area contributed by atoms with Crippen LogP contribution in [0, 0.1) is 0 Å². The molecule has 3 rings (SSSR count). The van der Waals surface area contributed by atoms with Crippen LogP contribution in [0.4, 0.5) is 0 Å². The van der Waals surface area contributed by atoms with Crippen LogP contribution in [-0.2, 0) is 13.1 Å². The predicted octanol–water partition coefficient (Wildman–Crippen LogP) is 2.19. The summed E-state index contributed by atoms with van der Waals surface area (Å²) in [6.45, 7) is 8.61. The highest BCUT2D eigenvalue weighted by molar-refractivity contribution is 5.27. The molecule has 0 aliphatic carbocycles. The molecule has 0 radical (unpaired) electrons. The number of phenolic OH excluding ortho intramolecular Hbond substituents is 1. The first-order chi connectivity index (χ1) is 11.2. The van der Waals surface area contributed by atoms with Gasteiger partial charge in [0, 0.05) is 57.7 Å². The maximum atomic E-state index is 9.56. The van der Waals surface area contributed by atoms with E-state index in [1.807, 2.05) is 35.3 Å². The van der Waals surface area contributed by atoms with Crippen molar-refractivity contribution in [1.82, 2.24) is 19.6 Å². The molecule has 1 aromatic heterocycles. The lowest BCUT2D eigenvalue weighted by Crippen LogP contribution is -2.49. The molecule has 1 atom stereocenters. The van der Waals surface area contributed by atoms with Gasteiger partial charge < -0.3 is 5.11 Å². The van der Waals surface area contributed by atoms with Crippen molar-refractivity contribution < 1.29 is 5.11 Å². The van der Waals surface area contributed by atoms with Gasteiger partial charge in [0.2, 0.25) is 0 Å². The Hall–Kier alpha value is -1.85. The van der Waals surface area contributed by atoms with Crippen LogP contribution in [0.1, 0.15) is 18.9 Å². The van der Waals surface area contributed by atoms with E-state index in [-0.39, 0.29) is 0 Å². The van der Waals surface area contributed by atoms with Crippen molar-refractivity contribution in [3.8, 4) is 5.75 Å². The molecule has 5 nitrogen and oxygen atoms in total. The Morgan fingerprint density at radius 3 is 2.70 bits per heavy atom. The number of hydrogen-bond acceptors (Lipinski definition) is 4. The average molecular weight is 314 g/mol. The SMILES string of the molecule is C[C@@H](CCn1cccn1)N1CCN(Cc2cccc(O)c2)CC1. The fourth-order valence-electron chi connectivity index (χ4n) is 3.21. The van der Waals surface area contributed by atoms with Gasteiger partial charge in [-0.3, -0.25) is 14.5 Å². The van der Waals surface area contributed by atoms with Crippen LogP contribution in [0.5, 0.6) is 5.75 Å². The van der Waals surface area contributed by atoms with E-state index < -0.39 is 0 Å². The molecule has 0 spiro atoms. The van der Waals surface area contributed by atoms with Gasteiger partial charge in [-0.1, -0.05) is 12.1 Å². The summed E-state index contributed by atoms with van der Waals surface area (Å²) >= 11 is 0. The summed E-state index contributed by atoms with van der Waals surface area (Å²) in [6.07, 6.45) is 5.00. The molecule has 0 saturated carbocycles. The third-order valence-electron chi connectivity index (χ3n) is 4.68. The van der Waals surface area contributed by atoms with Gasteiger partial charge in [-0.25, -0.2) is 0 Å². The second kappa shape index (κ2) is 7.62. The van der Waals surface area contributed by atoms with E-state index in [0.29, 0.717) is 11.8 Å². The minimum absolute atomic E-state index is 0.355. The number of piperazine rings is 1. The van der Waals surface area contributed by atoms with E-state index in [1.54, 1.807) is 6.07 Å². The highest BCUT2D eigenvalue weighted by Crippen LogP contribution is 2.15. The molecular weight excluding hydrogens is 288 g/mol. The van der Waals surface area contributed by atoms with E-state index >= 15 is 0 Å². The highest BCUT2D eigenvalue weighted by Gasteiger charge is 2.21. The van der Waals surface area contributed by atoms with Gasteiger partial charge in [-0.2, -0.15) is 5.10 Å². The first-order valence-corrected chi connectivity index (χ1v) is 8.42. The Morgan fingerprint density at radius 1 is 1.17 bits per heavy atom. The molecule has 124 valence electrons. The van der Waals surface area contributed by atoms with Crippen LogP contribution in [0.3, 0.4) is 0 Å². The summed E-state index contributed by atoms with van der Waals surface area (Å²) in [5, 5.41) is 13.8. The van der Waals surface area contributed by atoms with Crippen molar-refractivity contribution in [2.24, 2.45) is 0 Å². The number of benzene rings is 1. The summed E-state index contributed by atoms with van der Waals surface area (Å²) in [5.74, 6) is 0.355. The summed E-state index contributed by atoms with van der Waals surface area (Å²) < 4.78 is 2.01. The molecule has 5 heteroatoms. The van der Waals surface area contributed by atoms with Gasteiger partial charge in [-0.15, -0.1) is 0 Å².